The lowest BCUT2D eigenvalue weighted by Crippen LogP contribution is -2.30. The van der Waals surface area contributed by atoms with E-state index in [0.29, 0.717) is 5.92 Å². The number of rotatable bonds is 2. The van der Waals surface area contributed by atoms with E-state index in [1.165, 1.54) is 11.1 Å². The Hall–Kier alpha value is -1.68. The van der Waals surface area contributed by atoms with Gasteiger partial charge in [0.25, 0.3) is 0 Å². The second kappa shape index (κ2) is 4.95. The van der Waals surface area contributed by atoms with Gasteiger partial charge in [-0.25, -0.2) is 0 Å². The lowest BCUT2D eigenvalue weighted by atomic mass is 10.1. The Morgan fingerprint density at radius 3 is 3.10 bits per heavy atom. The van der Waals surface area contributed by atoms with Gasteiger partial charge in [0.05, 0.1) is 11.9 Å². The number of amides is 1. The van der Waals surface area contributed by atoms with Gasteiger partial charge in [0.15, 0.2) is 0 Å². The van der Waals surface area contributed by atoms with Crippen molar-refractivity contribution in [3.63, 3.8) is 0 Å². The van der Waals surface area contributed by atoms with Crippen molar-refractivity contribution in [1.82, 2.24) is 4.98 Å². The molecule has 1 aliphatic carbocycles. The minimum Gasteiger partial charge on any atom is -0.310 e. The molecule has 0 unspecified atom stereocenters. The van der Waals surface area contributed by atoms with Crippen LogP contribution in [0.3, 0.4) is 0 Å². The quantitative estimate of drug-likeness (QED) is 0.836. The normalized spacial score (nSPS) is 23.0. The minimum atomic E-state index is 0.130. The monoisotopic (exact) mass is 342 g/mol. The molecule has 0 bridgehead atoms. The molecule has 2 heterocycles. The van der Waals surface area contributed by atoms with E-state index >= 15 is 0 Å². The van der Waals surface area contributed by atoms with Gasteiger partial charge in [-0.2, -0.15) is 0 Å². The second-order valence-electron chi connectivity index (χ2n) is 5.75. The highest BCUT2D eigenvalue weighted by atomic mass is 79.9. The van der Waals surface area contributed by atoms with Gasteiger partial charge in [0.1, 0.15) is 0 Å². The van der Waals surface area contributed by atoms with Gasteiger partial charge in [0.2, 0.25) is 5.91 Å². The van der Waals surface area contributed by atoms with Crippen LogP contribution in [0, 0.1) is 5.92 Å². The largest absolute Gasteiger partial charge is 0.310 e. The van der Waals surface area contributed by atoms with Crippen molar-refractivity contribution in [2.75, 3.05) is 11.4 Å². The van der Waals surface area contributed by atoms with Crippen molar-refractivity contribution in [1.29, 1.82) is 0 Å². The second-order valence-corrected chi connectivity index (χ2v) is 6.66. The molecule has 0 spiro atoms. The van der Waals surface area contributed by atoms with Crippen LogP contribution >= 0.6 is 15.9 Å². The van der Waals surface area contributed by atoms with Crippen LogP contribution in [-0.2, 0) is 11.2 Å². The third kappa shape index (κ3) is 2.27. The fourth-order valence-corrected chi connectivity index (χ4v) is 3.64. The van der Waals surface area contributed by atoms with Gasteiger partial charge in [-0.1, -0.05) is 28.1 Å². The highest BCUT2D eigenvalue weighted by Gasteiger charge is 2.46. The summed E-state index contributed by atoms with van der Waals surface area (Å²) in [7, 11) is 0. The van der Waals surface area contributed by atoms with E-state index in [4.69, 9.17) is 0 Å². The summed E-state index contributed by atoms with van der Waals surface area (Å²) >= 11 is 3.50. The number of anilines is 1. The first-order chi connectivity index (χ1) is 10.2. The molecule has 4 rings (SSSR count). The predicted molar refractivity (Wildman–Crippen MR) is 85.3 cm³/mol. The Labute approximate surface area is 132 Å². The van der Waals surface area contributed by atoms with Crippen molar-refractivity contribution in [2.45, 2.75) is 18.8 Å². The summed E-state index contributed by atoms with van der Waals surface area (Å²) in [6, 6.07) is 10.3. The van der Waals surface area contributed by atoms with Gasteiger partial charge in [0, 0.05) is 23.1 Å². The molecule has 1 aliphatic heterocycles. The fourth-order valence-electron chi connectivity index (χ4n) is 3.22. The SMILES string of the molecule is O=C([C@H]1C[C@@H]1c1cccc(Br)c1)N1CCc2ccncc21. The third-order valence-corrected chi connectivity index (χ3v) is 4.93. The summed E-state index contributed by atoms with van der Waals surface area (Å²) in [5.74, 6) is 0.757. The van der Waals surface area contributed by atoms with Crippen LogP contribution < -0.4 is 4.90 Å². The number of benzene rings is 1. The van der Waals surface area contributed by atoms with Crippen LogP contribution in [0.25, 0.3) is 0 Å². The number of aromatic nitrogens is 1. The van der Waals surface area contributed by atoms with Crippen molar-refractivity contribution in [2.24, 2.45) is 5.92 Å². The first-order valence-electron chi connectivity index (χ1n) is 7.24. The zero-order valence-electron chi connectivity index (χ0n) is 11.5. The highest BCUT2D eigenvalue weighted by Crippen LogP contribution is 2.49. The Bertz CT molecular complexity index is 715. The van der Waals surface area contributed by atoms with E-state index in [-0.39, 0.29) is 11.8 Å². The molecular formula is C17H15BrN2O. The molecule has 0 saturated heterocycles. The summed E-state index contributed by atoms with van der Waals surface area (Å²) in [4.78, 5) is 18.8. The zero-order chi connectivity index (χ0) is 14.4. The van der Waals surface area contributed by atoms with Gasteiger partial charge in [-0.3, -0.25) is 9.78 Å². The van der Waals surface area contributed by atoms with Crippen molar-refractivity contribution in [3.05, 3.63) is 58.3 Å². The topological polar surface area (TPSA) is 33.2 Å². The van der Waals surface area contributed by atoms with Gasteiger partial charge >= 0.3 is 0 Å². The maximum absolute atomic E-state index is 12.7. The number of fused-ring (bicyclic) bond motifs is 1. The van der Waals surface area contributed by atoms with Crippen LogP contribution in [-0.4, -0.2) is 17.4 Å². The average Bonchev–Trinajstić information content (AvgIpc) is 3.19. The number of pyridine rings is 1. The first kappa shape index (κ1) is 13.0. The smallest absolute Gasteiger partial charge is 0.230 e. The van der Waals surface area contributed by atoms with E-state index in [1.807, 2.05) is 29.3 Å². The molecule has 21 heavy (non-hydrogen) atoms. The minimum absolute atomic E-state index is 0.130. The summed E-state index contributed by atoms with van der Waals surface area (Å²) in [5.41, 5.74) is 3.49. The predicted octanol–water partition coefficient (Wildman–Crippen LogP) is 3.54. The molecule has 2 aliphatic rings. The lowest BCUT2D eigenvalue weighted by molar-refractivity contribution is -0.119. The van der Waals surface area contributed by atoms with E-state index in [9.17, 15) is 4.79 Å². The standard InChI is InChI=1S/C17H15BrN2O/c18-13-3-1-2-12(8-13)14-9-15(14)17(21)20-7-5-11-4-6-19-10-16(11)20/h1-4,6,8,10,14-15H,5,7,9H2/t14-,15+/m1/s1. The maximum atomic E-state index is 12.7. The number of hydrogen-bond acceptors (Lipinski definition) is 2. The van der Waals surface area contributed by atoms with E-state index < -0.39 is 0 Å². The van der Waals surface area contributed by atoms with E-state index in [0.717, 1.165) is 29.5 Å². The van der Waals surface area contributed by atoms with Crippen molar-refractivity contribution in [3.8, 4) is 0 Å². The van der Waals surface area contributed by atoms with E-state index in [1.54, 1.807) is 6.20 Å². The Balaban J connectivity index is 1.53. The number of carbonyl (C=O) groups excluding carboxylic acids is 1. The molecule has 1 amide bonds. The Morgan fingerprint density at radius 1 is 1.33 bits per heavy atom. The number of hydrogen-bond donors (Lipinski definition) is 0. The van der Waals surface area contributed by atoms with Gasteiger partial charge < -0.3 is 4.90 Å². The summed E-state index contributed by atoms with van der Waals surface area (Å²) < 4.78 is 1.08. The average molecular weight is 343 g/mol. The van der Waals surface area contributed by atoms with Crippen LogP contribution in [0.4, 0.5) is 5.69 Å². The molecule has 1 fully saturated rings. The van der Waals surface area contributed by atoms with E-state index in [2.05, 4.69) is 33.0 Å². The van der Waals surface area contributed by atoms with Gasteiger partial charge in [-0.05, 0) is 48.1 Å². The molecule has 3 nitrogen and oxygen atoms in total. The summed E-state index contributed by atoms with van der Waals surface area (Å²) in [6.45, 7) is 0.793. The zero-order valence-corrected chi connectivity index (χ0v) is 13.1. The Morgan fingerprint density at radius 2 is 2.24 bits per heavy atom. The Kier molecular flexibility index (Phi) is 3.07. The van der Waals surface area contributed by atoms with Crippen LogP contribution in [0.2, 0.25) is 0 Å². The highest BCUT2D eigenvalue weighted by molar-refractivity contribution is 9.10. The summed E-state index contributed by atoms with van der Waals surface area (Å²) in [5, 5.41) is 0. The molecule has 2 aromatic rings. The number of halogens is 1. The molecule has 0 N–H and O–H groups in total. The molecule has 2 atom stereocenters. The number of nitrogens with zero attached hydrogens (tertiary/aromatic N) is 2. The van der Waals surface area contributed by atoms with Crippen molar-refractivity contribution < 1.29 is 4.79 Å². The molecular weight excluding hydrogens is 328 g/mol. The van der Waals surface area contributed by atoms with Crippen LogP contribution in [0.5, 0.6) is 0 Å². The van der Waals surface area contributed by atoms with Crippen LogP contribution in [0.15, 0.2) is 47.2 Å². The first-order valence-corrected chi connectivity index (χ1v) is 8.03. The maximum Gasteiger partial charge on any atom is 0.230 e. The van der Waals surface area contributed by atoms with Crippen molar-refractivity contribution >= 4 is 27.5 Å². The fraction of sp³-hybridized carbons (Fsp3) is 0.294. The lowest BCUT2D eigenvalue weighted by Gasteiger charge is -2.17. The number of carbonyl (C=O) groups is 1. The molecule has 4 heteroatoms. The van der Waals surface area contributed by atoms with Gasteiger partial charge in [-0.15, -0.1) is 0 Å². The molecule has 1 saturated carbocycles. The molecule has 1 aromatic carbocycles. The summed E-state index contributed by atoms with van der Waals surface area (Å²) in [6.07, 6.45) is 5.52. The molecule has 1 aromatic heterocycles. The molecule has 0 radical (unpaired) electrons. The third-order valence-electron chi connectivity index (χ3n) is 4.43. The van der Waals surface area contributed by atoms with Crippen LogP contribution in [0.1, 0.15) is 23.5 Å². The molecule has 106 valence electrons.